The SMILES string of the molecule is C#CCNC(=O)C(CCCCN)NC(=O)CCSP(=O)(O)OCCNC(=O)c1ccc(N=Nc2ccc(N(C)C)cc2)cc1. The summed E-state index contributed by atoms with van der Waals surface area (Å²) in [5.74, 6) is 1.05. The summed E-state index contributed by atoms with van der Waals surface area (Å²) in [4.78, 5) is 49.1. The summed E-state index contributed by atoms with van der Waals surface area (Å²) in [6.45, 7) is -3.79. The number of carbonyl (C=O) groups excluding carboxylic acids is 3. The van der Waals surface area contributed by atoms with Crippen molar-refractivity contribution in [2.24, 2.45) is 16.0 Å². The van der Waals surface area contributed by atoms with Crippen molar-refractivity contribution in [2.45, 2.75) is 31.7 Å². The van der Waals surface area contributed by atoms with E-state index in [0.717, 1.165) is 5.69 Å². The second-order valence-electron chi connectivity index (χ2n) is 9.63. The molecule has 238 valence electrons. The molecule has 0 aliphatic carbocycles. The zero-order chi connectivity index (χ0) is 32.4. The van der Waals surface area contributed by atoms with Crippen LogP contribution in [0.15, 0.2) is 58.8 Å². The molecule has 2 atom stereocenters. The Morgan fingerprint density at radius 3 is 2.30 bits per heavy atom. The molecule has 2 aromatic carbocycles. The number of amides is 3. The lowest BCUT2D eigenvalue weighted by atomic mass is 10.1. The molecule has 3 amide bonds. The molecule has 6 N–H and O–H groups in total. The minimum absolute atomic E-state index is 0.00786. The molecular weight excluding hydrogens is 605 g/mol. The number of nitrogens with two attached hydrogens (primary N) is 1. The fraction of sp³-hybridized carbons (Fsp3) is 0.414. The van der Waals surface area contributed by atoms with Gasteiger partial charge in [0.2, 0.25) is 11.8 Å². The molecule has 0 spiro atoms. The maximum Gasteiger partial charge on any atom is 0.386 e. The molecule has 0 aliphatic rings. The van der Waals surface area contributed by atoms with E-state index in [4.69, 9.17) is 16.7 Å². The first kappa shape index (κ1) is 36.5. The Kier molecular flexibility index (Phi) is 16.2. The lowest BCUT2D eigenvalue weighted by Crippen LogP contribution is -2.47. The lowest BCUT2D eigenvalue weighted by molar-refractivity contribution is -0.128. The van der Waals surface area contributed by atoms with Gasteiger partial charge in [-0.05, 0) is 85.7 Å². The first-order valence-corrected chi connectivity index (χ1v) is 17.1. The predicted octanol–water partition coefficient (Wildman–Crippen LogP) is 3.50. The van der Waals surface area contributed by atoms with Crippen LogP contribution >= 0.6 is 18.2 Å². The Bertz CT molecular complexity index is 1330. The first-order chi connectivity index (χ1) is 21.0. The van der Waals surface area contributed by atoms with Gasteiger partial charge < -0.3 is 31.5 Å². The Balaban J connectivity index is 1.71. The average Bonchev–Trinajstić information content (AvgIpc) is 3.00. The standard InChI is InChI=1S/C29H40N7O6PS/c1-4-18-31-29(39)26(7-5-6-17-30)33-27(37)16-21-44-43(40,41)42-20-19-32-28(38)22-8-10-23(11-9-22)34-35-24-12-14-25(15-13-24)36(2)3/h1,8-15,26H,5-7,16-21,30H2,2-3H3,(H,31,39)(H,32,38)(H,33,37)(H,40,41). The molecule has 13 nitrogen and oxygen atoms in total. The summed E-state index contributed by atoms with van der Waals surface area (Å²) in [6, 6.07) is 13.3. The van der Waals surface area contributed by atoms with Crippen LogP contribution in [-0.4, -0.2) is 74.7 Å². The molecule has 0 bridgehead atoms. The predicted molar refractivity (Wildman–Crippen MR) is 173 cm³/mol. The van der Waals surface area contributed by atoms with Crippen molar-refractivity contribution in [3.63, 3.8) is 0 Å². The van der Waals surface area contributed by atoms with Crippen molar-refractivity contribution in [2.75, 3.05) is 51.0 Å². The third kappa shape index (κ3) is 14.2. The summed E-state index contributed by atoms with van der Waals surface area (Å²) >= 11 is 0.590. The summed E-state index contributed by atoms with van der Waals surface area (Å²) in [6.07, 6.45) is 6.79. The smallest absolute Gasteiger partial charge is 0.378 e. The number of hydrogen-bond acceptors (Lipinski definition) is 10. The Labute approximate surface area is 262 Å². The largest absolute Gasteiger partial charge is 0.386 e. The highest BCUT2D eigenvalue weighted by atomic mass is 32.7. The van der Waals surface area contributed by atoms with Crippen molar-refractivity contribution in [3.05, 3.63) is 54.1 Å². The highest BCUT2D eigenvalue weighted by Crippen LogP contribution is 2.55. The normalized spacial score (nSPS) is 13.0. The zero-order valence-corrected chi connectivity index (χ0v) is 26.6. The van der Waals surface area contributed by atoms with E-state index in [1.165, 1.54) is 0 Å². The van der Waals surface area contributed by atoms with E-state index in [9.17, 15) is 23.8 Å². The van der Waals surface area contributed by atoms with Crippen LogP contribution < -0.4 is 26.6 Å². The number of rotatable bonds is 19. The maximum atomic E-state index is 12.4. The van der Waals surface area contributed by atoms with E-state index in [0.29, 0.717) is 54.1 Å². The summed E-state index contributed by atoms with van der Waals surface area (Å²) in [5.41, 5.74) is 8.19. The number of terminal acetylenes is 1. The Morgan fingerprint density at radius 1 is 1.07 bits per heavy atom. The van der Waals surface area contributed by atoms with Crippen LogP contribution in [0, 0.1) is 12.3 Å². The van der Waals surface area contributed by atoms with Gasteiger partial charge in [-0.15, -0.1) is 6.42 Å². The topological polar surface area (TPSA) is 188 Å². The zero-order valence-electron chi connectivity index (χ0n) is 24.9. The number of nitrogens with zero attached hydrogens (tertiary/aromatic N) is 3. The van der Waals surface area contributed by atoms with Crippen molar-refractivity contribution in [3.8, 4) is 12.3 Å². The van der Waals surface area contributed by atoms with E-state index >= 15 is 0 Å². The number of anilines is 1. The molecule has 0 fully saturated rings. The molecule has 2 unspecified atom stereocenters. The maximum absolute atomic E-state index is 12.4. The highest BCUT2D eigenvalue weighted by molar-refractivity contribution is 8.54. The average molecular weight is 646 g/mol. The molecule has 0 aliphatic heterocycles. The van der Waals surface area contributed by atoms with E-state index in [-0.39, 0.29) is 37.8 Å². The van der Waals surface area contributed by atoms with Gasteiger partial charge >= 0.3 is 6.80 Å². The molecule has 2 aromatic rings. The molecule has 0 saturated carbocycles. The number of nitrogens with one attached hydrogen (secondary N) is 3. The van der Waals surface area contributed by atoms with Crippen LogP contribution in [0.2, 0.25) is 0 Å². The van der Waals surface area contributed by atoms with Gasteiger partial charge in [0.25, 0.3) is 5.91 Å². The molecule has 0 saturated heterocycles. The third-order valence-electron chi connectivity index (χ3n) is 5.97. The highest BCUT2D eigenvalue weighted by Gasteiger charge is 2.23. The van der Waals surface area contributed by atoms with Gasteiger partial charge in [-0.25, -0.2) is 4.57 Å². The fourth-order valence-electron chi connectivity index (χ4n) is 3.62. The summed E-state index contributed by atoms with van der Waals surface area (Å²) in [7, 11) is 3.91. The van der Waals surface area contributed by atoms with Gasteiger partial charge in [0.15, 0.2) is 0 Å². The molecule has 0 radical (unpaired) electrons. The number of benzene rings is 2. The lowest BCUT2D eigenvalue weighted by Gasteiger charge is -2.18. The van der Waals surface area contributed by atoms with Gasteiger partial charge in [0.05, 0.1) is 24.5 Å². The number of azo groups is 1. The molecular formula is C29H40N7O6PS. The quantitative estimate of drug-likeness (QED) is 0.0659. The van der Waals surface area contributed by atoms with Crippen LogP contribution in [0.1, 0.15) is 36.0 Å². The van der Waals surface area contributed by atoms with Gasteiger partial charge in [-0.1, -0.05) is 5.92 Å². The Hall–Kier alpha value is -3.73. The minimum Gasteiger partial charge on any atom is -0.378 e. The van der Waals surface area contributed by atoms with E-state index in [2.05, 4.69) is 32.1 Å². The molecule has 0 aromatic heterocycles. The van der Waals surface area contributed by atoms with Gasteiger partial charge in [-0.2, -0.15) is 10.2 Å². The van der Waals surface area contributed by atoms with Crippen LogP contribution in [0.3, 0.4) is 0 Å². The van der Waals surface area contributed by atoms with Crippen LogP contribution in [0.4, 0.5) is 17.1 Å². The van der Waals surface area contributed by atoms with E-state index < -0.39 is 24.7 Å². The molecule has 44 heavy (non-hydrogen) atoms. The summed E-state index contributed by atoms with van der Waals surface area (Å²) < 4.78 is 17.4. The second kappa shape index (κ2) is 19.5. The molecule has 15 heteroatoms. The number of hydrogen-bond donors (Lipinski definition) is 5. The monoisotopic (exact) mass is 645 g/mol. The van der Waals surface area contributed by atoms with Gasteiger partial charge in [0, 0.05) is 44.1 Å². The van der Waals surface area contributed by atoms with Crippen LogP contribution in [0.5, 0.6) is 0 Å². The van der Waals surface area contributed by atoms with Crippen LogP contribution in [-0.2, 0) is 18.7 Å². The van der Waals surface area contributed by atoms with Crippen LogP contribution in [0.25, 0.3) is 0 Å². The fourth-order valence-corrected chi connectivity index (χ4v) is 5.94. The van der Waals surface area contributed by atoms with E-state index in [1.807, 2.05) is 43.3 Å². The Morgan fingerprint density at radius 2 is 1.70 bits per heavy atom. The third-order valence-corrected chi connectivity index (χ3v) is 9.03. The van der Waals surface area contributed by atoms with Crippen molar-refractivity contribution >= 4 is 53.0 Å². The van der Waals surface area contributed by atoms with Crippen molar-refractivity contribution in [1.29, 1.82) is 0 Å². The molecule has 0 heterocycles. The number of carbonyl (C=O) groups is 3. The summed E-state index contributed by atoms with van der Waals surface area (Å²) in [5, 5.41) is 16.2. The van der Waals surface area contributed by atoms with E-state index in [1.54, 1.807) is 24.3 Å². The minimum atomic E-state index is -4.07. The van der Waals surface area contributed by atoms with Gasteiger partial charge in [-0.3, -0.25) is 18.9 Å². The first-order valence-electron chi connectivity index (χ1n) is 13.9. The number of unbranched alkanes of at least 4 members (excludes halogenated alkanes) is 1. The second-order valence-corrected chi connectivity index (χ2v) is 13.6. The van der Waals surface area contributed by atoms with Crippen molar-refractivity contribution in [1.82, 2.24) is 16.0 Å². The molecule has 2 rings (SSSR count). The van der Waals surface area contributed by atoms with Gasteiger partial charge in [0.1, 0.15) is 6.04 Å². The van der Waals surface area contributed by atoms with Crippen molar-refractivity contribution < 1.29 is 28.4 Å².